The second-order valence-electron chi connectivity index (χ2n) is 9.44. The van der Waals surface area contributed by atoms with Gasteiger partial charge in [-0.15, -0.1) is 0 Å². The summed E-state index contributed by atoms with van der Waals surface area (Å²) in [5.74, 6) is 0. The third-order valence-corrected chi connectivity index (χ3v) is 6.79. The summed E-state index contributed by atoms with van der Waals surface area (Å²) in [6, 6.07) is 30.6. The van der Waals surface area contributed by atoms with E-state index in [4.69, 9.17) is 19.4 Å². The van der Waals surface area contributed by atoms with E-state index in [0.717, 1.165) is 16.7 Å². The van der Waals surface area contributed by atoms with Gasteiger partial charge in [0, 0.05) is 4.91 Å². The highest BCUT2D eigenvalue weighted by atomic mass is 28.4. The first kappa shape index (κ1) is 24.9. The predicted octanol–water partition coefficient (Wildman–Crippen LogP) is 6.81. The van der Waals surface area contributed by atoms with Gasteiger partial charge in [-0.1, -0.05) is 108 Å². The molecule has 6 nitrogen and oxygen atoms in total. The van der Waals surface area contributed by atoms with Crippen LogP contribution >= 0.6 is 0 Å². The molecule has 0 unspecified atom stereocenters. The van der Waals surface area contributed by atoms with E-state index in [2.05, 4.69) is 66.1 Å². The summed E-state index contributed by atoms with van der Waals surface area (Å²) < 4.78 is 19.5. The molecule has 0 aromatic heterocycles. The van der Waals surface area contributed by atoms with E-state index in [1.807, 2.05) is 60.7 Å². The lowest BCUT2D eigenvalue weighted by Crippen LogP contribution is -2.46. The van der Waals surface area contributed by atoms with Crippen LogP contribution < -0.4 is 0 Å². The van der Waals surface area contributed by atoms with Gasteiger partial charge in [-0.3, -0.25) is 0 Å². The summed E-state index contributed by atoms with van der Waals surface area (Å²) in [7, 11) is -1.88. The quantitative estimate of drug-likeness (QED) is 0.0834. The van der Waals surface area contributed by atoms with E-state index in [-0.39, 0.29) is 12.7 Å². The van der Waals surface area contributed by atoms with Crippen molar-refractivity contribution >= 4 is 8.32 Å². The van der Waals surface area contributed by atoms with Crippen LogP contribution in [0.25, 0.3) is 10.4 Å². The van der Waals surface area contributed by atoms with Crippen molar-refractivity contribution in [2.75, 3.05) is 6.61 Å². The van der Waals surface area contributed by atoms with E-state index >= 15 is 0 Å². The van der Waals surface area contributed by atoms with Crippen LogP contribution in [-0.2, 0) is 19.5 Å². The molecule has 3 aromatic rings. The molecule has 1 aliphatic heterocycles. The van der Waals surface area contributed by atoms with Gasteiger partial charge < -0.3 is 13.9 Å². The second-order valence-corrected chi connectivity index (χ2v) is 13.9. The minimum Gasteiger partial charge on any atom is -0.409 e. The molecule has 0 N–H and O–H groups in total. The maximum Gasteiger partial charge on any atom is 0.184 e. The van der Waals surface area contributed by atoms with Crippen LogP contribution in [0.3, 0.4) is 0 Å². The zero-order valence-corrected chi connectivity index (χ0v) is 21.3. The van der Waals surface area contributed by atoms with Crippen molar-refractivity contribution in [1.82, 2.24) is 0 Å². The Hall–Kier alpha value is -3.19. The Morgan fingerprint density at radius 3 is 1.74 bits per heavy atom. The molecule has 3 aromatic carbocycles. The van der Waals surface area contributed by atoms with Gasteiger partial charge in [0.15, 0.2) is 14.5 Å². The van der Waals surface area contributed by atoms with Crippen molar-refractivity contribution in [3.05, 3.63) is 130 Å². The van der Waals surface area contributed by atoms with E-state index in [9.17, 15) is 0 Å². The van der Waals surface area contributed by atoms with Crippen molar-refractivity contribution in [3.8, 4) is 0 Å². The molecule has 0 amide bonds. The Kier molecular flexibility index (Phi) is 7.85. The predicted molar refractivity (Wildman–Crippen MR) is 140 cm³/mol. The molecule has 0 aliphatic carbocycles. The molecular formula is C28H31N3O3Si. The molecule has 180 valence electrons. The van der Waals surface area contributed by atoms with Crippen LogP contribution in [0.2, 0.25) is 19.6 Å². The Morgan fingerprint density at radius 1 is 0.829 bits per heavy atom. The van der Waals surface area contributed by atoms with Gasteiger partial charge in [0.2, 0.25) is 0 Å². The van der Waals surface area contributed by atoms with Crippen molar-refractivity contribution in [2.45, 2.75) is 43.7 Å². The van der Waals surface area contributed by atoms with Crippen molar-refractivity contribution in [1.29, 1.82) is 0 Å². The van der Waals surface area contributed by atoms with E-state index in [1.165, 1.54) is 0 Å². The lowest BCUT2D eigenvalue weighted by atomic mass is 9.80. The molecule has 1 heterocycles. The zero-order chi connectivity index (χ0) is 24.7. The third kappa shape index (κ3) is 5.90. The molecule has 0 radical (unpaired) electrons. The summed E-state index contributed by atoms with van der Waals surface area (Å²) in [5, 5.41) is 3.76. The van der Waals surface area contributed by atoms with Crippen LogP contribution in [-0.4, -0.2) is 33.4 Å². The van der Waals surface area contributed by atoms with Crippen LogP contribution in [0.5, 0.6) is 0 Å². The molecule has 35 heavy (non-hydrogen) atoms. The van der Waals surface area contributed by atoms with E-state index in [0.29, 0.717) is 0 Å². The largest absolute Gasteiger partial charge is 0.409 e. The highest BCUT2D eigenvalue weighted by molar-refractivity contribution is 6.69. The average molecular weight is 486 g/mol. The molecule has 0 bridgehead atoms. The fraction of sp³-hybridized carbons (Fsp3) is 0.286. The molecule has 0 spiro atoms. The Bertz CT molecular complexity index is 1060. The SMILES string of the molecule is C[Si](C)(C)O[C@@H]1C=C[C@H](N=[N+]=[N-])O[C@@H]1COC(c1ccccc1)(c1ccccc1)c1ccccc1. The van der Waals surface area contributed by atoms with Crippen molar-refractivity contribution < 1.29 is 13.9 Å². The summed E-state index contributed by atoms with van der Waals surface area (Å²) in [5.41, 5.74) is 11.1. The van der Waals surface area contributed by atoms with Gasteiger partial charge >= 0.3 is 0 Å². The molecular weight excluding hydrogens is 454 g/mol. The monoisotopic (exact) mass is 485 g/mol. The van der Waals surface area contributed by atoms with E-state index in [1.54, 1.807) is 6.08 Å². The van der Waals surface area contributed by atoms with Gasteiger partial charge in [-0.2, -0.15) is 0 Å². The first-order valence-corrected chi connectivity index (χ1v) is 15.2. The van der Waals surface area contributed by atoms with Gasteiger partial charge in [0.1, 0.15) is 11.7 Å². The number of rotatable bonds is 9. The second kappa shape index (κ2) is 11.0. The van der Waals surface area contributed by atoms with Crippen LogP contribution in [0, 0.1) is 0 Å². The number of azide groups is 1. The van der Waals surface area contributed by atoms with Crippen molar-refractivity contribution in [2.24, 2.45) is 5.11 Å². The maximum atomic E-state index is 8.95. The highest BCUT2D eigenvalue weighted by Gasteiger charge is 2.40. The number of hydrogen-bond donors (Lipinski definition) is 0. The molecule has 3 atom stereocenters. The lowest BCUT2D eigenvalue weighted by Gasteiger charge is -2.40. The lowest BCUT2D eigenvalue weighted by molar-refractivity contribution is -0.113. The van der Waals surface area contributed by atoms with Gasteiger partial charge in [0.25, 0.3) is 0 Å². The summed E-state index contributed by atoms with van der Waals surface area (Å²) in [6.07, 6.45) is 2.24. The zero-order valence-electron chi connectivity index (χ0n) is 20.3. The number of benzene rings is 3. The van der Waals surface area contributed by atoms with Gasteiger partial charge in [-0.25, -0.2) is 0 Å². The van der Waals surface area contributed by atoms with Crippen LogP contribution in [0.4, 0.5) is 0 Å². The van der Waals surface area contributed by atoms with Crippen LogP contribution in [0.1, 0.15) is 16.7 Å². The fourth-order valence-electron chi connectivity index (χ4n) is 4.38. The van der Waals surface area contributed by atoms with Crippen molar-refractivity contribution in [3.63, 3.8) is 0 Å². The molecule has 0 saturated carbocycles. The molecule has 7 heteroatoms. The van der Waals surface area contributed by atoms with Gasteiger partial charge in [0.05, 0.1) is 12.7 Å². The number of hydrogen-bond acceptors (Lipinski definition) is 4. The average Bonchev–Trinajstić information content (AvgIpc) is 2.87. The smallest absolute Gasteiger partial charge is 0.184 e. The Balaban J connectivity index is 1.77. The maximum absolute atomic E-state index is 8.95. The standard InChI is InChI=1S/C28H31N3O3Si/c1-35(2,3)34-25-19-20-27(30-31-29)33-26(25)21-32-28(22-13-7-4-8-14-22,23-15-9-5-10-16-23)24-17-11-6-12-18-24/h4-20,25-27H,21H2,1-3H3/t25-,26-,27-/m1/s1. The third-order valence-electron chi connectivity index (χ3n) is 5.81. The minimum atomic E-state index is -1.88. The molecule has 4 rings (SSSR count). The number of ether oxygens (including phenoxy) is 2. The summed E-state index contributed by atoms with van der Waals surface area (Å²) in [6.45, 7) is 6.65. The minimum absolute atomic E-state index is 0.232. The summed E-state index contributed by atoms with van der Waals surface area (Å²) >= 11 is 0. The first-order chi connectivity index (χ1) is 16.9. The summed E-state index contributed by atoms with van der Waals surface area (Å²) in [4.78, 5) is 2.92. The number of nitrogens with zero attached hydrogens (tertiary/aromatic N) is 3. The molecule has 0 fully saturated rings. The van der Waals surface area contributed by atoms with E-state index < -0.39 is 26.3 Å². The molecule has 1 aliphatic rings. The van der Waals surface area contributed by atoms with Gasteiger partial charge in [-0.05, 0) is 41.9 Å². The first-order valence-electron chi connectivity index (χ1n) is 11.8. The Labute approximate surface area is 207 Å². The Morgan fingerprint density at radius 2 is 1.31 bits per heavy atom. The molecule has 0 saturated heterocycles. The normalized spacial score (nSPS) is 20.3. The topological polar surface area (TPSA) is 76.5 Å². The highest BCUT2D eigenvalue weighted by Crippen LogP contribution is 2.41. The fourth-order valence-corrected chi connectivity index (χ4v) is 5.43. The van der Waals surface area contributed by atoms with Crippen LogP contribution in [0.15, 0.2) is 108 Å².